The van der Waals surface area contributed by atoms with Crippen molar-refractivity contribution in [1.82, 2.24) is 15.6 Å². The van der Waals surface area contributed by atoms with Gasteiger partial charge in [-0.3, -0.25) is 9.59 Å². The predicted octanol–water partition coefficient (Wildman–Crippen LogP) is -0.163. The van der Waals surface area contributed by atoms with E-state index in [4.69, 9.17) is 10.8 Å². The van der Waals surface area contributed by atoms with E-state index in [9.17, 15) is 19.5 Å². The second-order valence-corrected chi connectivity index (χ2v) is 7.58. The van der Waals surface area contributed by atoms with Gasteiger partial charge in [-0.2, -0.15) is 11.8 Å². The predicted molar refractivity (Wildman–Crippen MR) is 112 cm³/mol. The molecule has 0 spiro atoms. The number of aromatic amines is 1. The SMILES string of the molecule is CSCC[C@H](N)C(=O)N[C@@H](Cc1c[nH]c2ccccc12)C(=O)N[C@@H](CO)C(=O)O. The first-order valence-electron chi connectivity index (χ1n) is 9.11. The molecule has 7 N–H and O–H groups in total. The van der Waals surface area contributed by atoms with Crippen LogP contribution < -0.4 is 16.4 Å². The van der Waals surface area contributed by atoms with E-state index in [-0.39, 0.29) is 6.42 Å². The van der Waals surface area contributed by atoms with E-state index in [1.807, 2.05) is 30.5 Å². The van der Waals surface area contributed by atoms with Crippen molar-refractivity contribution < 1.29 is 24.6 Å². The van der Waals surface area contributed by atoms with Gasteiger partial charge in [-0.15, -0.1) is 0 Å². The molecular weight excluding hydrogens is 396 g/mol. The number of benzene rings is 1. The van der Waals surface area contributed by atoms with Crippen molar-refractivity contribution in [3.63, 3.8) is 0 Å². The largest absolute Gasteiger partial charge is 0.480 e. The number of rotatable bonds is 11. The molecule has 0 aliphatic heterocycles. The third kappa shape index (κ3) is 6.21. The Morgan fingerprint density at radius 1 is 1.17 bits per heavy atom. The van der Waals surface area contributed by atoms with Gasteiger partial charge in [0.2, 0.25) is 11.8 Å². The van der Waals surface area contributed by atoms with E-state index in [2.05, 4.69) is 15.6 Å². The minimum Gasteiger partial charge on any atom is -0.480 e. The third-order valence-electron chi connectivity index (χ3n) is 4.50. The Kier molecular flexibility index (Phi) is 8.50. The summed E-state index contributed by atoms with van der Waals surface area (Å²) in [5.41, 5.74) is 7.56. The van der Waals surface area contributed by atoms with Gasteiger partial charge in [0.25, 0.3) is 0 Å². The van der Waals surface area contributed by atoms with Gasteiger partial charge in [0.15, 0.2) is 0 Å². The second kappa shape index (κ2) is 10.8. The Labute approximate surface area is 172 Å². The average molecular weight is 423 g/mol. The Morgan fingerprint density at radius 3 is 2.52 bits per heavy atom. The number of carboxylic acids is 1. The number of thioether (sulfide) groups is 1. The fourth-order valence-corrected chi connectivity index (χ4v) is 3.33. The summed E-state index contributed by atoms with van der Waals surface area (Å²) in [7, 11) is 0. The summed E-state index contributed by atoms with van der Waals surface area (Å²) in [6.45, 7) is -0.762. The highest BCUT2D eigenvalue weighted by Gasteiger charge is 2.28. The lowest BCUT2D eigenvalue weighted by Crippen LogP contribution is -2.56. The number of fused-ring (bicyclic) bond motifs is 1. The van der Waals surface area contributed by atoms with E-state index in [0.717, 1.165) is 16.5 Å². The molecule has 2 rings (SSSR count). The minimum absolute atomic E-state index is 0.134. The molecule has 2 amide bonds. The minimum atomic E-state index is -1.46. The first-order valence-corrected chi connectivity index (χ1v) is 10.5. The lowest BCUT2D eigenvalue weighted by Gasteiger charge is -2.22. The number of H-pyrrole nitrogens is 1. The summed E-state index contributed by atoms with van der Waals surface area (Å²) < 4.78 is 0. The van der Waals surface area contributed by atoms with Crippen LogP contribution in [-0.2, 0) is 20.8 Å². The van der Waals surface area contributed by atoms with Crippen LogP contribution in [0.15, 0.2) is 30.5 Å². The van der Waals surface area contributed by atoms with E-state index >= 15 is 0 Å². The van der Waals surface area contributed by atoms with E-state index in [1.54, 1.807) is 18.0 Å². The van der Waals surface area contributed by atoms with Crippen LogP contribution in [0.1, 0.15) is 12.0 Å². The first kappa shape index (κ1) is 22.7. The molecule has 158 valence electrons. The molecule has 1 heterocycles. The van der Waals surface area contributed by atoms with Gasteiger partial charge in [0.1, 0.15) is 12.1 Å². The lowest BCUT2D eigenvalue weighted by molar-refractivity contribution is -0.143. The standard InChI is InChI=1S/C19H26N4O5S/c1-29-7-6-13(20)17(25)22-15(18(26)23-16(10-24)19(27)28)8-11-9-21-14-5-3-2-4-12(11)14/h2-5,9,13,15-16,21,24H,6-8,10,20H2,1H3,(H,22,25)(H,23,26)(H,27,28)/t13-,15-,16-/m0/s1. The molecular formula is C19H26N4O5S. The smallest absolute Gasteiger partial charge is 0.328 e. The van der Waals surface area contributed by atoms with Crippen molar-refractivity contribution in [1.29, 1.82) is 0 Å². The lowest BCUT2D eigenvalue weighted by atomic mass is 10.0. The highest BCUT2D eigenvalue weighted by Crippen LogP contribution is 2.19. The van der Waals surface area contributed by atoms with Crippen LogP contribution >= 0.6 is 11.8 Å². The molecule has 0 saturated carbocycles. The number of aliphatic hydroxyl groups is 1. The number of hydrogen-bond acceptors (Lipinski definition) is 6. The number of hydrogen-bond donors (Lipinski definition) is 6. The van der Waals surface area contributed by atoms with Gasteiger partial charge in [-0.25, -0.2) is 4.79 Å². The monoisotopic (exact) mass is 422 g/mol. The summed E-state index contributed by atoms with van der Waals surface area (Å²) in [5, 5.41) is 24.0. The number of amides is 2. The summed E-state index contributed by atoms with van der Waals surface area (Å²) in [6.07, 6.45) is 4.22. The molecule has 10 heteroatoms. The molecule has 0 saturated heterocycles. The van der Waals surface area contributed by atoms with Crippen LogP contribution in [0.2, 0.25) is 0 Å². The van der Waals surface area contributed by atoms with Gasteiger partial charge >= 0.3 is 5.97 Å². The fraction of sp³-hybridized carbons (Fsp3) is 0.421. The van der Waals surface area contributed by atoms with E-state index in [0.29, 0.717) is 12.2 Å². The van der Waals surface area contributed by atoms with Gasteiger partial charge in [-0.05, 0) is 30.1 Å². The quantitative estimate of drug-likeness (QED) is 0.294. The molecule has 0 aliphatic carbocycles. The maximum atomic E-state index is 12.7. The average Bonchev–Trinajstić information content (AvgIpc) is 3.12. The maximum Gasteiger partial charge on any atom is 0.328 e. The highest BCUT2D eigenvalue weighted by molar-refractivity contribution is 7.98. The van der Waals surface area contributed by atoms with Crippen LogP contribution in [0.4, 0.5) is 0 Å². The number of para-hydroxylation sites is 1. The van der Waals surface area contributed by atoms with Gasteiger partial charge < -0.3 is 31.6 Å². The van der Waals surface area contributed by atoms with Crippen molar-refractivity contribution in [2.75, 3.05) is 18.6 Å². The molecule has 1 aromatic carbocycles. The second-order valence-electron chi connectivity index (χ2n) is 6.59. The number of aromatic nitrogens is 1. The zero-order valence-electron chi connectivity index (χ0n) is 16.1. The van der Waals surface area contributed by atoms with Crippen LogP contribution in [0.5, 0.6) is 0 Å². The normalized spacial score (nSPS) is 14.2. The number of aliphatic hydroxyl groups excluding tert-OH is 1. The Balaban J connectivity index is 2.21. The van der Waals surface area contributed by atoms with Crippen LogP contribution in [-0.4, -0.2) is 69.7 Å². The third-order valence-corrected chi connectivity index (χ3v) is 5.14. The highest BCUT2D eigenvalue weighted by atomic mass is 32.2. The number of nitrogens with one attached hydrogen (secondary N) is 3. The summed E-state index contributed by atoms with van der Waals surface area (Å²) in [4.78, 5) is 39.4. The molecule has 0 radical (unpaired) electrons. The van der Waals surface area contributed by atoms with Crippen LogP contribution in [0.25, 0.3) is 10.9 Å². The van der Waals surface area contributed by atoms with Crippen molar-refractivity contribution in [2.45, 2.75) is 31.0 Å². The topological polar surface area (TPSA) is 158 Å². The number of nitrogens with two attached hydrogens (primary N) is 1. The molecule has 3 atom stereocenters. The van der Waals surface area contributed by atoms with E-state index < -0.39 is 42.5 Å². The van der Waals surface area contributed by atoms with Crippen LogP contribution in [0.3, 0.4) is 0 Å². The fourth-order valence-electron chi connectivity index (χ4n) is 2.84. The molecule has 2 aromatic rings. The van der Waals surface area contributed by atoms with Crippen molar-refractivity contribution in [3.8, 4) is 0 Å². The number of carbonyl (C=O) groups is 3. The molecule has 29 heavy (non-hydrogen) atoms. The van der Waals surface area contributed by atoms with Gasteiger partial charge in [0.05, 0.1) is 12.6 Å². The summed E-state index contributed by atoms with van der Waals surface area (Å²) in [5.74, 6) is -1.87. The Hall–Kier alpha value is -2.56. The molecule has 0 aliphatic rings. The van der Waals surface area contributed by atoms with Gasteiger partial charge in [0, 0.05) is 23.5 Å². The van der Waals surface area contributed by atoms with Crippen molar-refractivity contribution >= 4 is 40.4 Å². The molecule has 0 unspecified atom stereocenters. The first-order chi connectivity index (χ1) is 13.9. The molecule has 0 fully saturated rings. The van der Waals surface area contributed by atoms with E-state index in [1.165, 1.54) is 0 Å². The number of carboxylic acid groups (broad SMARTS) is 1. The zero-order valence-corrected chi connectivity index (χ0v) is 16.9. The van der Waals surface area contributed by atoms with Crippen molar-refractivity contribution in [3.05, 3.63) is 36.0 Å². The Morgan fingerprint density at radius 2 is 1.86 bits per heavy atom. The molecule has 9 nitrogen and oxygen atoms in total. The number of carbonyl (C=O) groups excluding carboxylic acids is 2. The molecule has 0 bridgehead atoms. The zero-order chi connectivity index (χ0) is 21.4. The van der Waals surface area contributed by atoms with Crippen LogP contribution in [0, 0.1) is 0 Å². The molecule has 1 aromatic heterocycles. The maximum absolute atomic E-state index is 12.7. The summed E-state index contributed by atoms with van der Waals surface area (Å²) >= 11 is 1.56. The Bertz CT molecular complexity index is 856. The summed E-state index contributed by atoms with van der Waals surface area (Å²) in [6, 6.07) is 4.21. The van der Waals surface area contributed by atoms with Gasteiger partial charge in [-0.1, -0.05) is 18.2 Å². The van der Waals surface area contributed by atoms with Crippen molar-refractivity contribution in [2.24, 2.45) is 5.73 Å². The number of aliphatic carboxylic acids is 1.